The molecular formula is C31H43N5O3. The highest BCUT2D eigenvalue weighted by molar-refractivity contribution is 5.98. The lowest BCUT2D eigenvalue weighted by molar-refractivity contribution is 0.0600. The maximum atomic E-state index is 13.2. The number of amides is 1. The average molecular weight is 534 g/mol. The molecule has 3 aromatic rings. The Morgan fingerprint density at radius 2 is 1.64 bits per heavy atom. The molecule has 2 N–H and O–H groups in total. The van der Waals surface area contributed by atoms with Crippen molar-refractivity contribution in [2.75, 3.05) is 32.1 Å². The quantitative estimate of drug-likeness (QED) is 0.257. The van der Waals surface area contributed by atoms with Crippen LogP contribution in [0.25, 0.3) is 11.0 Å². The molecular weight excluding hydrogens is 490 g/mol. The van der Waals surface area contributed by atoms with Crippen LogP contribution in [0.3, 0.4) is 0 Å². The van der Waals surface area contributed by atoms with Gasteiger partial charge < -0.3 is 24.8 Å². The van der Waals surface area contributed by atoms with E-state index in [4.69, 9.17) is 9.72 Å². The summed E-state index contributed by atoms with van der Waals surface area (Å²) < 4.78 is 7.00. The summed E-state index contributed by atoms with van der Waals surface area (Å²) in [6, 6.07) is 13.2. The fraction of sp³-hybridized carbons (Fsp3) is 0.516. The summed E-state index contributed by atoms with van der Waals surface area (Å²) in [6.07, 6.45) is 8.93. The first-order chi connectivity index (χ1) is 19.0. The van der Waals surface area contributed by atoms with Crippen molar-refractivity contribution in [2.24, 2.45) is 0 Å². The van der Waals surface area contributed by atoms with E-state index >= 15 is 0 Å². The fourth-order valence-electron chi connectivity index (χ4n) is 5.41. The highest BCUT2D eigenvalue weighted by atomic mass is 16.5. The second-order valence-electron chi connectivity index (χ2n) is 10.5. The van der Waals surface area contributed by atoms with E-state index < -0.39 is 0 Å². The summed E-state index contributed by atoms with van der Waals surface area (Å²) in [5.74, 6) is 0.331. The molecule has 0 spiro atoms. The van der Waals surface area contributed by atoms with Gasteiger partial charge in [-0.1, -0.05) is 33.1 Å². The molecule has 1 saturated heterocycles. The zero-order valence-corrected chi connectivity index (χ0v) is 23.7. The highest BCUT2D eigenvalue weighted by Crippen LogP contribution is 2.25. The predicted octanol–water partition coefficient (Wildman–Crippen LogP) is 6.14. The van der Waals surface area contributed by atoms with Gasteiger partial charge in [-0.3, -0.25) is 4.79 Å². The van der Waals surface area contributed by atoms with Gasteiger partial charge in [0.25, 0.3) is 5.91 Å². The molecule has 1 aliphatic heterocycles. The van der Waals surface area contributed by atoms with Crippen LogP contribution < -0.4 is 10.6 Å². The lowest BCUT2D eigenvalue weighted by atomic mass is 10.1. The summed E-state index contributed by atoms with van der Waals surface area (Å²) in [6.45, 7) is 8.48. The number of aromatic nitrogens is 2. The zero-order chi connectivity index (χ0) is 27.6. The third-order valence-electron chi connectivity index (χ3n) is 7.49. The number of aryl methyl sites for hydroxylation is 1. The number of ether oxygens (including phenoxy) is 1. The number of fused-ring (bicyclic) bond motifs is 1. The fourth-order valence-corrected chi connectivity index (χ4v) is 5.41. The molecule has 0 unspecified atom stereocenters. The van der Waals surface area contributed by atoms with Crippen LogP contribution >= 0.6 is 0 Å². The van der Waals surface area contributed by atoms with Gasteiger partial charge in [0.15, 0.2) is 0 Å². The molecule has 8 heteroatoms. The first-order valence-electron chi connectivity index (χ1n) is 14.5. The van der Waals surface area contributed by atoms with Crippen molar-refractivity contribution in [1.82, 2.24) is 19.8 Å². The predicted molar refractivity (Wildman–Crippen MR) is 157 cm³/mol. The van der Waals surface area contributed by atoms with Gasteiger partial charge in [0.1, 0.15) is 0 Å². The minimum absolute atomic E-state index is 0.0298. The van der Waals surface area contributed by atoms with E-state index in [0.29, 0.717) is 11.1 Å². The van der Waals surface area contributed by atoms with Crippen molar-refractivity contribution in [3.63, 3.8) is 0 Å². The number of benzene rings is 2. The van der Waals surface area contributed by atoms with Crippen LogP contribution in [-0.4, -0.2) is 59.1 Å². The molecule has 1 amide bonds. The van der Waals surface area contributed by atoms with Gasteiger partial charge in [-0.05, 0) is 94.2 Å². The van der Waals surface area contributed by atoms with E-state index in [1.54, 1.807) is 12.1 Å². The number of likely N-dealkylation sites (tertiary alicyclic amines) is 1. The Hall–Kier alpha value is -3.39. The number of hydrogen-bond donors (Lipinski definition) is 2. The summed E-state index contributed by atoms with van der Waals surface area (Å²) >= 11 is 0. The monoisotopic (exact) mass is 533 g/mol. The number of hydrogen-bond acceptors (Lipinski definition) is 6. The topological polar surface area (TPSA) is 88.5 Å². The van der Waals surface area contributed by atoms with Gasteiger partial charge in [0.05, 0.1) is 23.7 Å². The van der Waals surface area contributed by atoms with Gasteiger partial charge in [-0.15, -0.1) is 0 Å². The molecule has 0 radical (unpaired) electrons. The van der Waals surface area contributed by atoms with E-state index in [-0.39, 0.29) is 17.9 Å². The third kappa shape index (κ3) is 7.60. The Labute approximate surface area is 232 Å². The second kappa shape index (κ2) is 14.1. The summed E-state index contributed by atoms with van der Waals surface area (Å²) in [5.41, 5.74) is 3.77. The van der Waals surface area contributed by atoms with Gasteiger partial charge in [0.2, 0.25) is 5.95 Å². The number of imidazole rings is 1. The van der Waals surface area contributed by atoms with Gasteiger partial charge in [-0.2, -0.15) is 0 Å². The molecule has 1 aromatic heterocycles. The lowest BCUT2D eigenvalue weighted by Gasteiger charge is -2.26. The largest absolute Gasteiger partial charge is 0.465 e. The molecule has 0 saturated carbocycles. The summed E-state index contributed by atoms with van der Waals surface area (Å²) in [7, 11) is 1.38. The number of nitrogens with zero attached hydrogens (tertiary/aromatic N) is 3. The van der Waals surface area contributed by atoms with Crippen LogP contribution in [0.5, 0.6) is 0 Å². The SMILES string of the molecule is CCCC(CCC)NC(=O)c1ccc2nc(Nc3ccc(C(=O)OC)cc3)n(CCCN3CCCCC3)c2c1. The first-order valence-corrected chi connectivity index (χ1v) is 14.5. The summed E-state index contributed by atoms with van der Waals surface area (Å²) in [4.78, 5) is 32.4. The molecule has 1 fully saturated rings. The summed E-state index contributed by atoms with van der Waals surface area (Å²) in [5, 5.41) is 6.68. The van der Waals surface area contributed by atoms with Crippen molar-refractivity contribution in [3.8, 4) is 0 Å². The Balaban J connectivity index is 1.58. The van der Waals surface area contributed by atoms with E-state index in [9.17, 15) is 9.59 Å². The number of anilines is 2. The van der Waals surface area contributed by atoms with Gasteiger partial charge in [0, 0.05) is 23.8 Å². The normalized spacial score (nSPS) is 14.1. The molecule has 0 bridgehead atoms. The van der Waals surface area contributed by atoms with Crippen LogP contribution in [0.1, 0.15) is 85.9 Å². The third-order valence-corrected chi connectivity index (χ3v) is 7.49. The van der Waals surface area contributed by atoms with E-state index in [2.05, 4.69) is 33.9 Å². The first kappa shape index (κ1) is 28.6. The van der Waals surface area contributed by atoms with Crippen molar-refractivity contribution in [1.29, 1.82) is 0 Å². The molecule has 39 heavy (non-hydrogen) atoms. The Morgan fingerprint density at radius 3 is 2.31 bits per heavy atom. The standard InChI is InChI=1S/C31H43N5O3/c1-4-10-25(11-5-2)32-29(37)24-14-17-27-28(22-24)36(21-9-20-35-18-7-6-8-19-35)31(34-27)33-26-15-12-23(13-16-26)30(38)39-3/h12-17,22,25H,4-11,18-21H2,1-3H3,(H,32,37)(H,33,34). The maximum absolute atomic E-state index is 13.2. The number of carbonyl (C=O) groups is 2. The number of piperidine rings is 1. The molecule has 210 valence electrons. The number of esters is 1. The molecule has 4 rings (SSSR count). The lowest BCUT2D eigenvalue weighted by Crippen LogP contribution is -2.34. The number of methoxy groups -OCH3 is 1. The maximum Gasteiger partial charge on any atom is 0.337 e. The minimum Gasteiger partial charge on any atom is -0.465 e. The Morgan fingerprint density at radius 1 is 0.949 bits per heavy atom. The van der Waals surface area contributed by atoms with E-state index in [1.165, 1.54) is 39.5 Å². The zero-order valence-electron chi connectivity index (χ0n) is 23.7. The molecule has 2 aromatic carbocycles. The molecule has 8 nitrogen and oxygen atoms in total. The number of carbonyl (C=O) groups excluding carboxylic acids is 2. The number of rotatable bonds is 13. The molecule has 2 heterocycles. The van der Waals surface area contributed by atoms with Crippen molar-refractivity contribution >= 4 is 34.5 Å². The molecule has 0 atom stereocenters. The Bertz CT molecular complexity index is 1230. The van der Waals surface area contributed by atoms with E-state index in [0.717, 1.165) is 67.9 Å². The van der Waals surface area contributed by atoms with Gasteiger partial charge in [-0.25, -0.2) is 9.78 Å². The molecule has 0 aliphatic carbocycles. The van der Waals surface area contributed by atoms with E-state index in [1.807, 2.05) is 30.3 Å². The minimum atomic E-state index is -0.364. The van der Waals surface area contributed by atoms with Crippen LogP contribution in [0.15, 0.2) is 42.5 Å². The second-order valence-corrected chi connectivity index (χ2v) is 10.5. The molecule has 1 aliphatic rings. The van der Waals surface area contributed by atoms with Crippen LogP contribution in [0, 0.1) is 0 Å². The van der Waals surface area contributed by atoms with Crippen LogP contribution in [0.4, 0.5) is 11.6 Å². The van der Waals surface area contributed by atoms with Gasteiger partial charge >= 0.3 is 5.97 Å². The smallest absolute Gasteiger partial charge is 0.337 e. The van der Waals surface area contributed by atoms with Crippen LogP contribution in [-0.2, 0) is 11.3 Å². The Kier molecular flexibility index (Phi) is 10.4. The van der Waals surface area contributed by atoms with Crippen LogP contribution in [0.2, 0.25) is 0 Å². The van der Waals surface area contributed by atoms with Crippen molar-refractivity contribution in [2.45, 2.75) is 77.8 Å². The number of nitrogens with one attached hydrogen (secondary N) is 2. The van der Waals surface area contributed by atoms with Crippen molar-refractivity contribution < 1.29 is 14.3 Å². The van der Waals surface area contributed by atoms with Crippen molar-refractivity contribution in [3.05, 3.63) is 53.6 Å². The average Bonchev–Trinajstić information content (AvgIpc) is 3.29. The highest BCUT2D eigenvalue weighted by Gasteiger charge is 2.17.